The van der Waals surface area contributed by atoms with Crippen molar-refractivity contribution in [2.45, 2.75) is 31.9 Å². The maximum absolute atomic E-state index is 11.6. The number of carbonyl (C=O) groups is 1. The van der Waals surface area contributed by atoms with E-state index < -0.39 is 18.6 Å². The molecule has 3 nitrogen and oxygen atoms in total. The fraction of sp³-hybridized carbons (Fsp3) is 0.875. The quantitative estimate of drug-likeness (QED) is 0.650. The van der Waals surface area contributed by atoms with E-state index in [1.54, 1.807) is 5.32 Å². The Labute approximate surface area is 80.8 Å². The van der Waals surface area contributed by atoms with E-state index in [2.05, 4.69) is 0 Å². The van der Waals surface area contributed by atoms with Gasteiger partial charge < -0.3 is 11.1 Å². The molecule has 0 unspecified atom stereocenters. The lowest BCUT2D eigenvalue weighted by Gasteiger charge is -2.07. The van der Waals surface area contributed by atoms with Crippen molar-refractivity contribution in [1.82, 2.24) is 5.32 Å². The normalized spacial score (nSPS) is 11.4. The van der Waals surface area contributed by atoms with Gasteiger partial charge in [0.15, 0.2) is 0 Å². The molecule has 0 aromatic carbocycles. The van der Waals surface area contributed by atoms with E-state index >= 15 is 0 Å². The third-order valence-corrected chi connectivity index (χ3v) is 1.59. The van der Waals surface area contributed by atoms with Crippen LogP contribution in [0.2, 0.25) is 0 Å². The fourth-order valence-corrected chi connectivity index (χ4v) is 0.894. The Hall–Kier alpha value is -0.780. The molecular formula is C8H15F3N2O. The predicted molar refractivity (Wildman–Crippen MR) is 46.6 cm³/mol. The van der Waals surface area contributed by atoms with Gasteiger partial charge in [0.05, 0.1) is 0 Å². The van der Waals surface area contributed by atoms with Crippen molar-refractivity contribution >= 4 is 5.91 Å². The second-order valence-electron chi connectivity index (χ2n) is 2.99. The van der Waals surface area contributed by atoms with Gasteiger partial charge in [-0.05, 0) is 19.4 Å². The molecule has 14 heavy (non-hydrogen) atoms. The number of halogens is 3. The number of carbonyl (C=O) groups excluding carboxylic acids is 1. The van der Waals surface area contributed by atoms with Crippen molar-refractivity contribution in [3.63, 3.8) is 0 Å². The zero-order valence-electron chi connectivity index (χ0n) is 7.86. The van der Waals surface area contributed by atoms with Gasteiger partial charge in [0.2, 0.25) is 5.91 Å². The summed E-state index contributed by atoms with van der Waals surface area (Å²) < 4.78 is 34.9. The summed E-state index contributed by atoms with van der Waals surface area (Å²) in [5.41, 5.74) is 5.21. The Morgan fingerprint density at radius 1 is 1.21 bits per heavy atom. The predicted octanol–water partition coefficient (Wildman–Crippen LogP) is 1.18. The maximum Gasteiger partial charge on any atom is 0.405 e. The van der Waals surface area contributed by atoms with Crippen molar-refractivity contribution in [2.75, 3.05) is 13.1 Å². The smallest absolute Gasteiger partial charge is 0.347 e. The molecule has 0 heterocycles. The first-order valence-electron chi connectivity index (χ1n) is 4.49. The second-order valence-corrected chi connectivity index (χ2v) is 2.99. The topological polar surface area (TPSA) is 55.1 Å². The molecular weight excluding hydrogens is 197 g/mol. The van der Waals surface area contributed by atoms with Crippen LogP contribution in [0.1, 0.15) is 25.7 Å². The zero-order chi connectivity index (χ0) is 11.0. The van der Waals surface area contributed by atoms with Crippen molar-refractivity contribution in [2.24, 2.45) is 5.73 Å². The molecule has 0 radical (unpaired) electrons. The number of nitrogens with one attached hydrogen (secondary N) is 1. The molecule has 3 N–H and O–H groups in total. The highest BCUT2D eigenvalue weighted by molar-refractivity contribution is 5.75. The van der Waals surface area contributed by atoms with Gasteiger partial charge in [0.1, 0.15) is 6.54 Å². The Morgan fingerprint density at radius 2 is 1.86 bits per heavy atom. The molecule has 0 bridgehead atoms. The van der Waals surface area contributed by atoms with Crippen LogP contribution in [0.4, 0.5) is 13.2 Å². The first kappa shape index (κ1) is 13.2. The lowest BCUT2D eigenvalue weighted by Crippen LogP contribution is -2.33. The van der Waals surface area contributed by atoms with Crippen molar-refractivity contribution < 1.29 is 18.0 Å². The number of nitrogens with two attached hydrogens (primary N) is 1. The first-order chi connectivity index (χ1) is 6.45. The van der Waals surface area contributed by atoms with Gasteiger partial charge in [-0.15, -0.1) is 0 Å². The zero-order valence-corrected chi connectivity index (χ0v) is 7.86. The number of unbranched alkanes of at least 4 members (excludes halogenated alkanes) is 2. The standard InChI is InChI=1S/C8H15F3N2O/c9-8(10,11)6-13-7(14)4-2-1-3-5-12/h1-6,12H2,(H,13,14). The van der Waals surface area contributed by atoms with Crippen LogP contribution in [-0.2, 0) is 4.79 Å². The average Bonchev–Trinajstić information content (AvgIpc) is 2.08. The molecule has 0 aromatic rings. The summed E-state index contributed by atoms with van der Waals surface area (Å²) in [4.78, 5) is 10.8. The van der Waals surface area contributed by atoms with Crippen LogP contribution in [0.3, 0.4) is 0 Å². The van der Waals surface area contributed by atoms with Gasteiger partial charge in [-0.3, -0.25) is 4.79 Å². The second kappa shape index (κ2) is 6.64. The van der Waals surface area contributed by atoms with E-state index in [-0.39, 0.29) is 6.42 Å². The molecule has 6 heteroatoms. The number of rotatable bonds is 6. The van der Waals surface area contributed by atoms with Crippen LogP contribution in [0.15, 0.2) is 0 Å². The van der Waals surface area contributed by atoms with Crippen LogP contribution >= 0.6 is 0 Å². The largest absolute Gasteiger partial charge is 0.405 e. The van der Waals surface area contributed by atoms with Crippen LogP contribution < -0.4 is 11.1 Å². The van der Waals surface area contributed by atoms with Crippen molar-refractivity contribution in [3.05, 3.63) is 0 Å². The molecule has 0 aromatic heterocycles. The maximum atomic E-state index is 11.6. The van der Waals surface area contributed by atoms with Crippen molar-refractivity contribution in [3.8, 4) is 0 Å². The highest BCUT2D eigenvalue weighted by Gasteiger charge is 2.27. The summed E-state index contributed by atoms with van der Waals surface area (Å²) in [6, 6.07) is 0. The summed E-state index contributed by atoms with van der Waals surface area (Å²) in [7, 11) is 0. The molecule has 0 saturated heterocycles. The highest BCUT2D eigenvalue weighted by Crippen LogP contribution is 2.12. The SMILES string of the molecule is NCCCCCC(=O)NCC(F)(F)F. The van der Waals surface area contributed by atoms with Gasteiger partial charge in [-0.2, -0.15) is 13.2 Å². The summed E-state index contributed by atoms with van der Waals surface area (Å²) in [6.07, 6.45) is -2.04. The molecule has 84 valence electrons. The van der Waals surface area contributed by atoms with Crippen LogP contribution in [0, 0.1) is 0 Å². The molecule has 0 aliphatic heterocycles. The minimum absolute atomic E-state index is 0.135. The van der Waals surface area contributed by atoms with Crippen molar-refractivity contribution in [1.29, 1.82) is 0 Å². The van der Waals surface area contributed by atoms with Crippen LogP contribution in [0.25, 0.3) is 0 Å². The van der Waals surface area contributed by atoms with E-state index in [4.69, 9.17) is 5.73 Å². The van der Waals surface area contributed by atoms with Gasteiger partial charge in [0.25, 0.3) is 0 Å². The van der Waals surface area contributed by atoms with E-state index in [0.717, 1.165) is 12.8 Å². The summed E-state index contributed by atoms with van der Waals surface area (Å²) >= 11 is 0. The minimum atomic E-state index is -4.33. The van der Waals surface area contributed by atoms with Crippen LogP contribution in [0.5, 0.6) is 0 Å². The minimum Gasteiger partial charge on any atom is -0.347 e. The molecule has 1 amide bonds. The van der Waals surface area contributed by atoms with E-state index in [1.807, 2.05) is 0 Å². The summed E-state index contributed by atoms with van der Waals surface area (Å²) in [6.45, 7) is -0.701. The lowest BCUT2D eigenvalue weighted by molar-refractivity contribution is -0.138. The molecule has 0 atom stereocenters. The van der Waals surface area contributed by atoms with E-state index in [0.29, 0.717) is 13.0 Å². The average molecular weight is 212 g/mol. The fourth-order valence-electron chi connectivity index (χ4n) is 0.894. The van der Waals surface area contributed by atoms with Gasteiger partial charge in [-0.25, -0.2) is 0 Å². The third-order valence-electron chi connectivity index (χ3n) is 1.59. The number of amides is 1. The Kier molecular flexibility index (Phi) is 6.27. The highest BCUT2D eigenvalue weighted by atomic mass is 19.4. The van der Waals surface area contributed by atoms with Gasteiger partial charge >= 0.3 is 6.18 Å². The Morgan fingerprint density at radius 3 is 2.36 bits per heavy atom. The third kappa shape index (κ3) is 9.31. The Balaban J connectivity index is 3.38. The number of hydrogen-bond donors (Lipinski definition) is 2. The molecule has 0 saturated carbocycles. The van der Waals surface area contributed by atoms with Gasteiger partial charge in [-0.1, -0.05) is 6.42 Å². The molecule has 0 aliphatic rings. The van der Waals surface area contributed by atoms with E-state index in [9.17, 15) is 18.0 Å². The monoisotopic (exact) mass is 212 g/mol. The van der Waals surface area contributed by atoms with E-state index in [1.165, 1.54) is 0 Å². The first-order valence-corrected chi connectivity index (χ1v) is 4.49. The summed E-state index contributed by atoms with van der Waals surface area (Å²) in [5.74, 6) is -0.556. The molecule has 0 aliphatic carbocycles. The number of alkyl halides is 3. The molecule has 0 fully saturated rings. The summed E-state index contributed by atoms with van der Waals surface area (Å²) in [5, 5.41) is 1.80. The number of hydrogen-bond acceptors (Lipinski definition) is 2. The molecule has 0 spiro atoms. The van der Waals surface area contributed by atoms with Crippen LogP contribution in [-0.4, -0.2) is 25.2 Å². The van der Waals surface area contributed by atoms with Gasteiger partial charge in [0, 0.05) is 6.42 Å². The lowest BCUT2D eigenvalue weighted by atomic mass is 10.2. The Bertz CT molecular complexity index is 170. The molecule has 0 rings (SSSR count).